The molecule has 4 aromatic rings. The Morgan fingerprint density at radius 3 is 2.71 bits per heavy atom. The Bertz CT molecular complexity index is 1200. The number of aliphatic hydroxyl groups excluding tert-OH is 1. The Morgan fingerprint density at radius 1 is 1.26 bits per heavy atom. The molecule has 162 valence electrons. The second-order valence-electron chi connectivity index (χ2n) is 7.24. The molecule has 0 aliphatic carbocycles. The number of carbonyl (C=O) groups excluding carboxylic acids is 1. The van der Waals surface area contributed by atoms with Gasteiger partial charge < -0.3 is 19.8 Å². The number of imidazole rings is 1. The highest BCUT2D eigenvalue weighted by Gasteiger charge is 2.22. The van der Waals surface area contributed by atoms with Crippen molar-refractivity contribution >= 4 is 41.0 Å². The maximum absolute atomic E-state index is 11.5. The molecule has 0 saturated heterocycles. The number of carbonyl (C=O) groups is 1. The Hall–Kier alpha value is -2.87. The number of primary amides is 1. The van der Waals surface area contributed by atoms with Crippen LogP contribution in [0.4, 0.5) is 0 Å². The van der Waals surface area contributed by atoms with Crippen LogP contribution >= 0.6 is 24.0 Å². The first-order chi connectivity index (χ1) is 14.4. The molecule has 2 heterocycles. The molecule has 0 aliphatic heterocycles. The largest absolute Gasteiger partial charge is 0.436 e. The molecule has 0 radical (unpaired) electrons. The van der Waals surface area contributed by atoms with Crippen molar-refractivity contribution in [1.82, 2.24) is 14.5 Å². The number of amides is 1. The Morgan fingerprint density at radius 2 is 2.03 bits per heavy atom. The molecule has 0 fully saturated rings. The molecule has 3 N–H and O–H groups in total. The van der Waals surface area contributed by atoms with Crippen molar-refractivity contribution in [3.63, 3.8) is 0 Å². The molecule has 4 rings (SSSR count). The summed E-state index contributed by atoms with van der Waals surface area (Å²) in [6, 6.07) is 12.8. The Labute approximate surface area is 190 Å². The minimum atomic E-state index is -0.592. The molecular formula is C22H22Cl2N4O3. The number of hydrogen-bond donors (Lipinski definition) is 2. The van der Waals surface area contributed by atoms with Gasteiger partial charge in [-0.2, -0.15) is 0 Å². The normalized spacial score (nSPS) is 13.0. The molecule has 0 bridgehead atoms. The molecular weight excluding hydrogens is 439 g/mol. The maximum Gasteiger partial charge on any atom is 0.268 e. The molecule has 2 aromatic heterocycles. The van der Waals surface area contributed by atoms with Gasteiger partial charge in [0, 0.05) is 22.3 Å². The number of hydrogen-bond acceptors (Lipinski definition) is 5. The van der Waals surface area contributed by atoms with Crippen LogP contribution in [-0.2, 0) is 0 Å². The standard InChI is InChI=1S/C22H21ClN4O3.ClH/c1-13(28)8-9-18(27-11-17(21(24)29)25-12-27)16-6-3-7-19-20(16)26-22(30-19)14-4-2-5-15(23)10-14;/h2-7,10-13,18,28H,8-9H2,1H3,(H2,24,29);1H/t13-,18?;/m0./s1. The quantitative estimate of drug-likeness (QED) is 0.418. The van der Waals surface area contributed by atoms with Crippen LogP contribution < -0.4 is 5.73 Å². The summed E-state index contributed by atoms with van der Waals surface area (Å²) >= 11 is 6.11. The van der Waals surface area contributed by atoms with Gasteiger partial charge in [-0.25, -0.2) is 9.97 Å². The van der Waals surface area contributed by atoms with Gasteiger partial charge in [0.05, 0.1) is 18.5 Å². The SMILES string of the molecule is C[C@H](O)CCC(c1cccc2oc(-c3cccc(Cl)c3)nc12)n1cnc(C(N)=O)c1.Cl. The van der Waals surface area contributed by atoms with Crippen molar-refractivity contribution in [2.45, 2.75) is 31.9 Å². The minimum Gasteiger partial charge on any atom is -0.436 e. The molecule has 2 atom stereocenters. The molecule has 1 unspecified atom stereocenters. The van der Waals surface area contributed by atoms with E-state index >= 15 is 0 Å². The van der Waals surface area contributed by atoms with E-state index in [0.717, 1.165) is 11.1 Å². The van der Waals surface area contributed by atoms with E-state index in [1.807, 2.05) is 34.9 Å². The van der Waals surface area contributed by atoms with Crippen LogP contribution in [-0.4, -0.2) is 31.7 Å². The lowest BCUT2D eigenvalue weighted by atomic mass is 9.99. The predicted octanol–water partition coefficient (Wildman–Crippen LogP) is 4.62. The Kier molecular flexibility index (Phi) is 7.00. The summed E-state index contributed by atoms with van der Waals surface area (Å²) in [6.45, 7) is 1.74. The molecule has 1 amide bonds. The lowest BCUT2D eigenvalue weighted by Gasteiger charge is -2.20. The third-order valence-corrected chi connectivity index (χ3v) is 5.19. The Balaban J connectivity index is 0.00000272. The first-order valence-electron chi connectivity index (χ1n) is 9.59. The van der Waals surface area contributed by atoms with E-state index in [9.17, 15) is 9.90 Å². The van der Waals surface area contributed by atoms with Gasteiger partial charge in [0.25, 0.3) is 5.91 Å². The minimum absolute atomic E-state index is 0. The third-order valence-electron chi connectivity index (χ3n) is 4.95. The van der Waals surface area contributed by atoms with Crippen LogP contribution in [0.25, 0.3) is 22.6 Å². The second-order valence-corrected chi connectivity index (χ2v) is 7.67. The summed E-state index contributed by atoms with van der Waals surface area (Å²) in [4.78, 5) is 20.3. The smallest absolute Gasteiger partial charge is 0.268 e. The van der Waals surface area contributed by atoms with Crippen molar-refractivity contribution in [3.8, 4) is 11.5 Å². The van der Waals surface area contributed by atoms with Gasteiger partial charge in [0.15, 0.2) is 5.58 Å². The van der Waals surface area contributed by atoms with Crippen molar-refractivity contribution in [1.29, 1.82) is 0 Å². The van der Waals surface area contributed by atoms with Crippen LogP contribution in [0.3, 0.4) is 0 Å². The number of para-hydroxylation sites is 1. The molecule has 7 nitrogen and oxygen atoms in total. The fourth-order valence-electron chi connectivity index (χ4n) is 3.48. The lowest BCUT2D eigenvalue weighted by molar-refractivity contribution is 0.0996. The fourth-order valence-corrected chi connectivity index (χ4v) is 3.67. The summed E-state index contributed by atoms with van der Waals surface area (Å²) < 4.78 is 7.81. The molecule has 0 spiro atoms. The van der Waals surface area contributed by atoms with Crippen LogP contribution in [0.15, 0.2) is 59.4 Å². The van der Waals surface area contributed by atoms with E-state index < -0.39 is 12.0 Å². The number of nitrogens with zero attached hydrogens (tertiary/aromatic N) is 3. The first-order valence-corrected chi connectivity index (χ1v) is 9.97. The predicted molar refractivity (Wildman–Crippen MR) is 122 cm³/mol. The summed E-state index contributed by atoms with van der Waals surface area (Å²) in [5, 5.41) is 10.4. The van der Waals surface area contributed by atoms with Gasteiger partial charge in [-0.05, 0) is 44.0 Å². The van der Waals surface area contributed by atoms with Crippen molar-refractivity contribution in [3.05, 3.63) is 71.3 Å². The van der Waals surface area contributed by atoms with E-state index in [4.69, 9.17) is 26.7 Å². The first kappa shape index (κ1) is 22.8. The molecule has 0 aliphatic rings. The summed E-state index contributed by atoms with van der Waals surface area (Å²) in [5.41, 5.74) is 8.58. The average Bonchev–Trinajstić information content (AvgIpc) is 3.36. The van der Waals surface area contributed by atoms with Gasteiger partial charge in [0.2, 0.25) is 5.89 Å². The van der Waals surface area contributed by atoms with E-state index in [1.165, 1.54) is 0 Å². The van der Waals surface area contributed by atoms with Gasteiger partial charge in [-0.1, -0.05) is 29.8 Å². The molecule has 9 heteroatoms. The monoisotopic (exact) mass is 460 g/mol. The average molecular weight is 461 g/mol. The number of aromatic nitrogens is 3. The van der Waals surface area contributed by atoms with Crippen molar-refractivity contribution in [2.24, 2.45) is 5.73 Å². The van der Waals surface area contributed by atoms with E-state index in [0.29, 0.717) is 34.9 Å². The molecule has 0 saturated carbocycles. The summed E-state index contributed by atoms with van der Waals surface area (Å²) in [5.74, 6) is -0.122. The summed E-state index contributed by atoms with van der Waals surface area (Å²) in [7, 11) is 0. The number of fused-ring (bicyclic) bond motifs is 1. The summed E-state index contributed by atoms with van der Waals surface area (Å²) in [6.07, 6.45) is 3.90. The van der Waals surface area contributed by atoms with Gasteiger partial charge in [0.1, 0.15) is 11.2 Å². The van der Waals surface area contributed by atoms with E-state index in [2.05, 4.69) is 4.98 Å². The van der Waals surface area contributed by atoms with E-state index in [1.54, 1.807) is 31.6 Å². The molecule has 2 aromatic carbocycles. The number of nitrogens with two attached hydrogens (primary N) is 1. The van der Waals surface area contributed by atoms with Gasteiger partial charge in [-0.15, -0.1) is 12.4 Å². The lowest BCUT2D eigenvalue weighted by Crippen LogP contribution is -2.14. The zero-order valence-electron chi connectivity index (χ0n) is 16.7. The number of rotatable bonds is 7. The van der Waals surface area contributed by atoms with Crippen LogP contribution in [0, 0.1) is 0 Å². The second kappa shape index (κ2) is 9.51. The van der Waals surface area contributed by atoms with Gasteiger partial charge in [-0.3, -0.25) is 4.79 Å². The fraction of sp³-hybridized carbons (Fsp3) is 0.227. The zero-order chi connectivity index (χ0) is 21.3. The van der Waals surface area contributed by atoms with Crippen molar-refractivity contribution in [2.75, 3.05) is 0 Å². The maximum atomic E-state index is 11.5. The highest BCUT2D eigenvalue weighted by molar-refractivity contribution is 6.30. The van der Waals surface area contributed by atoms with Crippen molar-refractivity contribution < 1.29 is 14.3 Å². The number of halogens is 2. The van der Waals surface area contributed by atoms with Crippen LogP contribution in [0.5, 0.6) is 0 Å². The third kappa shape index (κ3) is 4.90. The molecule has 31 heavy (non-hydrogen) atoms. The van der Waals surface area contributed by atoms with Gasteiger partial charge >= 0.3 is 0 Å². The number of benzene rings is 2. The van der Waals surface area contributed by atoms with Crippen LogP contribution in [0.1, 0.15) is 41.9 Å². The van der Waals surface area contributed by atoms with E-state index in [-0.39, 0.29) is 24.1 Å². The number of oxazole rings is 1. The number of aliphatic hydroxyl groups is 1. The highest BCUT2D eigenvalue weighted by Crippen LogP contribution is 2.33. The highest BCUT2D eigenvalue weighted by atomic mass is 35.5. The topological polar surface area (TPSA) is 107 Å². The van der Waals surface area contributed by atoms with Crippen LogP contribution in [0.2, 0.25) is 5.02 Å². The zero-order valence-corrected chi connectivity index (χ0v) is 18.3.